The van der Waals surface area contributed by atoms with Crippen molar-refractivity contribution in [1.29, 1.82) is 0 Å². The highest BCUT2D eigenvalue weighted by atomic mass is 35.5. The minimum absolute atomic E-state index is 0.131. The minimum atomic E-state index is -0.131. The number of nitrogen functional groups attached to an aromatic ring is 1. The second-order valence-corrected chi connectivity index (χ2v) is 6.50. The van der Waals surface area contributed by atoms with Crippen LogP contribution in [0.15, 0.2) is 42.5 Å². The summed E-state index contributed by atoms with van der Waals surface area (Å²) in [7, 11) is 3.65. The van der Waals surface area contributed by atoms with Gasteiger partial charge < -0.3 is 26.6 Å². The van der Waals surface area contributed by atoms with Crippen LogP contribution >= 0.6 is 23.8 Å². The standard InChI is InChI=1S/C17H20ClN5OS/c1-23(2)10-16(24)22-15-8-7-13(9-14(15)18)21-17(25)20-12-5-3-11(19)4-6-12/h3-9H,10,19H2,1-2H3,(H,22,24)(H2,20,21,25). The van der Waals surface area contributed by atoms with E-state index in [9.17, 15) is 4.79 Å². The van der Waals surface area contributed by atoms with Crippen LogP contribution in [0.25, 0.3) is 0 Å². The van der Waals surface area contributed by atoms with Crippen LogP contribution in [0.3, 0.4) is 0 Å². The molecule has 2 aromatic carbocycles. The zero-order valence-corrected chi connectivity index (χ0v) is 15.5. The quantitative estimate of drug-likeness (QED) is 0.473. The molecule has 0 bridgehead atoms. The Morgan fingerprint density at radius 2 is 1.68 bits per heavy atom. The molecule has 1 amide bonds. The van der Waals surface area contributed by atoms with Gasteiger partial charge in [0.15, 0.2) is 5.11 Å². The van der Waals surface area contributed by atoms with Gasteiger partial charge in [0.1, 0.15) is 0 Å². The van der Waals surface area contributed by atoms with Crippen LogP contribution in [0.1, 0.15) is 0 Å². The molecule has 0 atom stereocenters. The summed E-state index contributed by atoms with van der Waals surface area (Å²) in [5.41, 5.74) is 8.42. The van der Waals surface area contributed by atoms with Crippen molar-refractivity contribution in [2.24, 2.45) is 0 Å². The van der Waals surface area contributed by atoms with Gasteiger partial charge in [-0.15, -0.1) is 0 Å². The van der Waals surface area contributed by atoms with Crippen LogP contribution in [0.4, 0.5) is 22.7 Å². The van der Waals surface area contributed by atoms with Crippen LogP contribution < -0.4 is 21.7 Å². The minimum Gasteiger partial charge on any atom is -0.399 e. The maximum atomic E-state index is 11.8. The Hall–Kier alpha value is -2.35. The Balaban J connectivity index is 1.96. The van der Waals surface area contributed by atoms with E-state index in [0.717, 1.165) is 5.69 Å². The molecule has 0 saturated heterocycles. The first-order valence-electron chi connectivity index (χ1n) is 7.51. The predicted molar refractivity (Wildman–Crippen MR) is 109 cm³/mol. The molecule has 0 aliphatic carbocycles. The molecule has 0 fully saturated rings. The summed E-state index contributed by atoms with van der Waals surface area (Å²) >= 11 is 11.5. The maximum Gasteiger partial charge on any atom is 0.238 e. The fourth-order valence-corrected chi connectivity index (χ4v) is 2.49. The highest BCUT2D eigenvalue weighted by Gasteiger charge is 2.08. The van der Waals surface area contributed by atoms with Gasteiger partial charge in [0, 0.05) is 17.1 Å². The Labute approximate surface area is 157 Å². The molecule has 2 aromatic rings. The lowest BCUT2D eigenvalue weighted by atomic mass is 10.2. The topological polar surface area (TPSA) is 82.4 Å². The first-order chi connectivity index (χ1) is 11.8. The number of rotatable bonds is 5. The van der Waals surface area contributed by atoms with Gasteiger partial charge in [0.05, 0.1) is 17.3 Å². The third kappa shape index (κ3) is 6.22. The molecule has 5 N–H and O–H groups in total. The first-order valence-corrected chi connectivity index (χ1v) is 8.30. The SMILES string of the molecule is CN(C)CC(=O)Nc1ccc(NC(=S)Nc2ccc(N)cc2)cc1Cl. The molecule has 0 radical (unpaired) electrons. The number of nitrogens with one attached hydrogen (secondary N) is 3. The average Bonchev–Trinajstić information content (AvgIpc) is 2.51. The molecule has 6 nitrogen and oxygen atoms in total. The second-order valence-electron chi connectivity index (χ2n) is 5.68. The van der Waals surface area contributed by atoms with Gasteiger partial charge in [-0.2, -0.15) is 0 Å². The molecule has 0 heterocycles. The van der Waals surface area contributed by atoms with Gasteiger partial charge in [-0.05, 0) is 68.8 Å². The molecule has 0 spiro atoms. The molecule has 0 aliphatic rings. The van der Waals surface area contributed by atoms with E-state index in [-0.39, 0.29) is 12.5 Å². The molecule has 0 aliphatic heterocycles. The Morgan fingerprint density at radius 3 is 2.28 bits per heavy atom. The molecule has 2 rings (SSSR count). The number of anilines is 4. The number of hydrogen-bond donors (Lipinski definition) is 4. The Bertz CT molecular complexity index is 764. The number of hydrogen-bond acceptors (Lipinski definition) is 4. The Morgan fingerprint density at radius 1 is 1.08 bits per heavy atom. The zero-order valence-electron chi connectivity index (χ0n) is 14.0. The molecule has 8 heteroatoms. The summed E-state index contributed by atoms with van der Waals surface area (Å²) < 4.78 is 0. The van der Waals surface area contributed by atoms with Crippen LogP contribution in [0.5, 0.6) is 0 Å². The largest absolute Gasteiger partial charge is 0.399 e. The zero-order chi connectivity index (χ0) is 18.4. The molecule has 25 heavy (non-hydrogen) atoms. The van der Waals surface area contributed by atoms with Gasteiger partial charge in [0.2, 0.25) is 5.91 Å². The van der Waals surface area contributed by atoms with Gasteiger partial charge in [0.25, 0.3) is 0 Å². The highest BCUT2D eigenvalue weighted by molar-refractivity contribution is 7.80. The van der Waals surface area contributed by atoms with Crippen molar-refractivity contribution in [3.63, 3.8) is 0 Å². The number of thiocarbonyl (C=S) groups is 1. The fourth-order valence-electron chi connectivity index (χ4n) is 2.03. The maximum absolute atomic E-state index is 11.8. The third-order valence-electron chi connectivity index (χ3n) is 3.13. The van der Waals surface area contributed by atoms with Crippen molar-refractivity contribution in [2.45, 2.75) is 0 Å². The number of nitrogens with zero attached hydrogens (tertiary/aromatic N) is 1. The number of nitrogens with two attached hydrogens (primary N) is 1. The highest BCUT2D eigenvalue weighted by Crippen LogP contribution is 2.25. The second kappa shape index (κ2) is 8.66. The van der Waals surface area contributed by atoms with Gasteiger partial charge >= 0.3 is 0 Å². The molecule has 0 saturated carbocycles. The van der Waals surface area contributed by atoms with E-state index in [1.54, 1.807) is 35.2 Å². The predicted octanol–water partition coefficient (Wildman–Crippen LogP) is 3.23. The van der Waals surface area contributed by atoms with E-state index >= 15 is 0 Å². The van der Waals surface area contributed by atoms with E-state index in [2.05, 4.69) is 16.0 Å². The van der Waals surface area contributed by atoms with Crippen molar-refractivity contribution in [2.75, 3.05) is 42.3 Å². The lowest BCUT2D eigenvalue weighted by molar-refractivity contribution is -0.116. The number of benzene rings is 2. The summed E-state index contributed by atoms with van der Waals surface area (Å²) in [6.07, 6.45) is 0. The van der Waals surface area contributed by atoms with Crippen molar-refractivity contribution in [3.8, 4) is 0 Å². The summed E-state index contributed by atoms with van der Waals surface area (Å²) in [6.45, 7) is 0.284. The molecule has 0 unspecified atom stereocenters. The van der Waals surface area contributed by atoms with Gasteiger partial charge in [-0.25, -0.2) is 0 Å². The number of likely N-dealkylation sites (N-methyl/N-ethyl adjacent to an activating group) is 1. The lowest BCUT2D eigenvalue weighted by Gasteiger charge is -2.14. The van der Waals surface area contributed by atoms with Crippen LogP contribution in [-0.4, -0.2) is 36.6 Å². The van der Waals surface area contributed by atoms with E-state index in [1.165, 1.54) is 0 Å². The monoisotopic (exact) mass is 377 g/mol. The smallest absolute Gasteiger partial charge is 0.238 e. The number of amides is 1. The number of carbonyl (C=O) groups excluding carboxylic acids is 1. The molecular formula is C17H20ClN5OS. The Kier molecular flexibility index (Phi) is 6.58. The van der Waals surface area contributed by atoms with Gasteiger partial charge in [-0.3, -0.25) is 4.79 Å². The summed E-state index contributed by atoms with van der Waals surface area (Å²) in [4.78, 5) is 13.6. The normalized spacial score (nSPS) is 10.4. The van der Waals surface area contributed by atoms with Crippen LogP contribution in [0, 0.1) is 0 Å². The van der Waals surface area contributed by atoms with E-state index in [1.807, 2.05) is 26.2 Å². The fraction of sp³-hybridized carbons (Fsp3) is 0.176. The molecular weight excluding hydrogens is 358 g/mol. The summed E-state index contributed by atoms with van der Waals surface area (Å²) in [5.74, 6) is -0.131. The average molecular weight is 378 g/mol. The van der Waals surface area contributed by atoms with E-state index in [4.69, 9.17) is 29.6 Å². The van der Waals surface area contributed by atoms with E-state index in [0.29, 0.717) is 27.2 Å². The lowest BCUT2D eigenvalue weighted by Crippen LogP contribution is -2.27. The summed E-state index contributed by atoms with van der Waals surface area (Å²) in [5, 5.41) is 9.71. The van der Waals surface area contributed by atoms with Crippen LogP contribution in [-0.2, 0) is 4.79 Å². The van der Waals surface area contributed by atoms with Crippen LogP contribution in [0.2, 0.25) is 5.02 Å². The first kappa shape index (κ1) is 19.0. The number of carbonyl (C=O) groups is 1. The van der Waals surface area contributed by atoms with Gasteiger partial charge in [-0.1, -0.05) is 11.6 Å². The number of halogens is 1. The molecule has 132 valence electrons. The van der Waals surface area contributed by atoms with Crippen molar-refractivity contribution in [1.82, 2.24) is 4.90 Å². The van der Waals surface area contributed by atoms with E-state index < -0.39 is 0 Å². The van der Waals surface area contributed by atoms with Crippen molar-refractivity contribution in [3.05, 3.63) is 47.5 Å². The third-order valence-corrected chi connectivity index (χ3v) is 3.65. The summed E-state index contributed by atoms with van der Waals surface area (Å²) in [6, 6.07) is 12.4. The molecule has 0 aromatic heterocycles. The van der Waals surface area contributed by atoms with Crippen molar-refractivity contribution < 1.29 is 4.79 Å². The van der Waals surface area contributed by atoms with Crippen molar-refractivity contribution >= 4 is 57.6 Å².